The van der Waals surface area contributed by atoms with Crippen LogP contribution in [0.4, 0.5) is 5.82 Å². The van der Waals surface area contributed by atoms with Crippen LogP contribution >= 0.6 is 0 Å². The van der Waals surface area contributed by atoms with Crippen LogP contribution in [0.1, 0.15) is 43.7 Å². The number of hydrogen-bond acceptors (Lipinski definition) is 4. The van der Waals surface area contributed by atoms with Gasteiger partial charge in [-0.1, -0.05) is 20.8 Å². The standard InChI is InChI=1S/C16H25N3O2/c1-11-10-19(6-7-21-11)15(20)12-8-13(16(2,3)4)18-14(9-12)17-5/h8-9,11H,6-7,10H2,1-5H3,(H,17,18). The molecule has 21 heavy (non-hydrogen) atoms. The second-order valence-corrected chi connectivity index (χ2v) is 6.56. The lowest BCUT2D eigenvalue weighted by Gasteiger charge is -2.31. The molecule has 2 rings (SSSR count). The lowest BCUT2D eigenvalue weighted by Crippen LogP contribution is -2.44. The molecular weight excluding hydrogens is 266 g/mol. The summed E-state index contributed by atoms with van der Waals surface area (Å²) in [5, 5.41) is 3.04. The number of ether oxygens (including phenoxy) is 1. The fourth-order valence-electron chi connectivity index (χ4n) is 2.35. The number of aromatic nitrogens is 1. The molecule has 1 amide bonds. The van der Waals surface area contributed by atoms with E-state index in [2.05, 4.69) is 31.1 Å². The van der Waals surface area contributed by atoms with Gasteiger partial charge in [0.05, 0.1) is 12.7 Å². The Hall–Kier alpha value is -1.62. The molecule has 1 unspecified atom stereocenters. The highest BCUT2D eigenvalue weighted by Gasteiger charge is 2.25. The van der Waals surface area contributed by atoms with Crippen LogP contribution in [0.3, 0.4) is 0 Å². The van der Waals surface area contributed by atoms with Crippen LogP contribution in [-0.2, 0) is 10.2 Å². The Bertz CT molecular complexity index is 523. The SMILES string of the molecule is CNc1cc(C(=O)N2CCOC(C)C2)cc(C(C)(C)C)n1. The molecule has 0 bridgehead atoms. The van der Waals surface area contributed by atoms with Crippen molar-refractivity contribution in [2.24, 2.45) is 0 Å². The lowest BCUT2D eigenvalue weighted by atomic mass is 9.90. The van der Waals surface area contributed by atoms with Crippen molar-refractivity contribution in [3.8, 4) is 0 Å². The summed E-state index contributed by atoms with van der Waals surface area (Å²) in [7, 11) is 1.82. The average Bonchev–Trinajstić information content (AvgIpc) is 2.45. The summed E-state index contributed by atoms with van der Waals surface area (Å²) in [6, 6.07) is 3.72. The van der Waals surface area contributed by atoms with Gasteiger partial charge in [-0.2, -0.15) is 0 Å². The normalized spacial score (nSPS) is 19.5. The number of morpholine rings is 1. The van der Waals surface area contributed by atoms with E-state index in [1.54, 1.807) is 0 Å². The summed E-state index contributed by atoms with van der Waals surface area (Å²) in [6.07, 6.45) is 0.0930. The number of carbonyl (C=O) groups excluding carboxylic acids is 1. The third-order valence-electron chi connectivity index (χ3n) is 3.63. The number of amides is 1. The van der Waals surface area contributed by atoms with Crippen molar-refractivity contribution >= 4 is 11.7 Å². The molecule has 1 aromatic rings. The highest BCUT2D eigenvalue weighted by atomic mass is 16.5. The zero-order valence-corrected chi connectivity index (χ0v) is 13.6. The van der Waals surface area contributed by atoms with Gasteiger partial charge in [0.2, 0.25) is 0 Å². The molecule has 2 heterocycles. The van der Waals surface area contributed by atoms with E-state index in [0.717, 1.165) is 11.5 Å². The molecule has 0 saturated carbocycles. The summed E-state index contributed by atoms with van der Waals surface area (Å²) in [5.41, 5.74) is 1.51. The topological polar surface area (TPSA) is 54.5 Å². The number of pyridine rings is 1. The Kier molecular flexibility index (Phi) is 4.52. The summed E-state index contributed by atoms with van der Waals surface area (Å²) in [4.78, 5) is 19.1. The average molecular weight is 291 g/mol. The molecule has 1 aliphatic rings. The van der Waals surface area contributed by atoms with Crippen molar-refractivity contribution < 1.29 is 9.53 Å². The Morgan fingerprint density at radius 1 is 1.43 bits per heavy atom. The van der Waals surface area contributed by atoms with E-state index in [9.17, 15) is 4.79 Å². The molecule has 0 spiro atoms. The third kappa shape index (κ3) is 3.73. The first-order chi connectivity index (χ1) is 9.81. The van der Waals surface area contributed by atoms with Gasteiger partial charge in [-0.25, -0.2) is 4.98 Å². The summed E-state index contributed by atoms with van der Waals surface area (Å²) in [6.45, 7) is 10.2. The monoisotopic (exact) mass is 291 g/mol. The van der Waals surface area contributed by atoms with Crippen molar-refractivity contribution in [3.63, 3.8) is 0 Å². The van der Waals surface area contributed by atoms with Gasteiger partial charge in [-0.15, -0.1) is 0 Å². The molecule has 1 aromatic heterocycles. The third-order valence-corrected chi connectivity index (χ3v) is 3.63. The summed E-state index contributed by atoms with van der Waals surface area (Å²) < 4.78 is 5.50. The van der Waals surface area contributed by atoms with E-state index >= 15 is 0 Å². The molecule has 1 fully saturated rings. The number of nitrogens with one attached hydrogen (secondary N) is 1. The van der Waals surface area contributed by atoms with E-state index in [1.165, 1.54) is 0 Å². The zero-order chi connectivity index (χ0) is 15.6. The molecular formula is C16H25N3O2. The van der Waals surface area contributed by atoms with Gasteiger partial charge < -0.3 is 15.0 Å². The van der Waals surface area contributed by atoms with Crippen LogP contribution in [0.2, 0.25) is 0 Å². The summed E-state index contributed by atoms with van der Waals surface area (Å²) >= 11 is 0. The van der Waals surface area contributed by atoms with Gasteiger partial charge in [-0.3, -0.25) is 4.79 Å². The predicted molar refractivity (Wildman–Crippen MR) is 83.8 cm³/mol. The predicted octanol–water partition coefficient (Wildman–Crippen LogP) is 2.28. The molecule has 116 valence electrons. The van der Waals surface area contributed by atoms with E-state index < -0.39 is 0 Å². The van der Waals surface area contributed by atoms with Gasteiger partial charge in [0, 0.05) is 36.8 Å². The molecule has 5 heteroatoms. The number of anilines is 1. The second kappa shape index (κ2) is 6.02. The molecule has 5 nitrogen and oxygen atoms in total. The van der Waals surface area contributed by atoms with Crippen LogP contribution < -0.4 is 5.32 Å². The number of nitrogens with zero attached hydrogens (tertiary/aromatic N) is 2. The maximum Gasteiger partial charge on any atom is 0.254 e. The molecule has 1 saturated heterocycles. The van der Waals surface area contributed by atoms with Crippen molar-refractivity contribution in [2.75, 3.05) is 32.1 Å². The van der Waals surface area contributed by atoms with E-state index in [4.69, 9.17) is 4.74 Å². The van der Waals surface area contributed by atoms with Crippen LogP contribution in [-0.4, -0.2) is 48.6 Å². The Morgan fingerprint density at radius 2 is 2.14 bits per heavy atom. The first kappa shape index (κ1) is 15.8. The van der Waals surface area contributed by atoms with Crippen molar-refractivity contribution in [2.45, 2.75) is 39.2 Å². The minimum atomic E-state index is -0.0970. The molecule has 1 N–H and O–H groups in total. The molecule has 0 aromatic carbocycles. The van der Waals surface area contributed by atoms with Crippen LogP contribution in [0, 0.1) is 0 Å². The quantitative estimate of drug-likeness (QED) is 0.908. The molecule has 0 aliphatic carbocycles. The van der Waals surface area contributed by atoms with E-state index in [-0.39, 0.29) is 17.4 Å². The van der Waals surface area contributed by atoms with Crippen LogP contribution in [0.25, 0.3) is 0 Å². The molecule has 0 radical (unpaired) electrons. The number of carbonyl (C=O) groups is 1. The van der Waals surface area contributed by atoms with Crippen LogP contribution in [0.15, 0.2) is 12.1 Å². The fourth-order valence-corrected chi connectivity index (χ4v) is 2.35. The number of hydrogen-bond donors (Lipinski definition) is 1. The van der Waals surface area contributed by atoms with Gasteiger partial charge in [-0.05, 0) is 19.1 Å². The first-order valence-electron chi connectivity index (χ1n) is 7.42. The highest BCUT2D eigenvalue weighted by molar-refractivity contribution is 5.95. The van der Waals surface area contributed by atoms with Crippen molar-refractivity contribution in [1.29, 1.82) is 0 Å². The Labute approximate surface area is 126 Å². The largest absolute Gasteiger partial charge is 0.375 e. The minimum Gasteiger partial charge on any atom is -0.375 e. The zero-order valence-electron chi connectivity index (χ0n) is 13.6. The molecule has 1 atom stereocenters. The highest BCUT2D eigenvalue weighted by Crippen LogP contribution is 2.24. The fraction of sp³-hybridized carbons (Fsp3) is 0.625. The Balaban J connectivity index is 2.31. The Morgan fingerprint density at radius 3 is 2.71 bits per heavy atom. The first-order valence-corrected chi connectivity index (χ1v) is 7.42. The minimum absolute atomic E-state index is 0.0505. The van der Waals surface area contributed by atoms with Crippen molar-refractivity contribution in [3.05, 3.63) is 23.4 Å². The summed E-state index contributed by atoms with van der Waals surface area (Å²) in [5.74, 6) is 0.779. The lowest BCUT2D eigenvalue weighted by molar-refractivity contribution is -0.0124. The maximum absolute atomic E-state index is 12.7. The van der Waals surface area contributed by atoms with E-state index in [1.807, 2.05) is 31.0 Å². The van der Waals surface area contributed by atoms with Gasteiger partial charge in [0.15, 0.2) is 0 Å². The maximum atomic E-state index is 12.7. The van der Waals surface area contributed by atoms with E-state index in [0.29, 0.717) is 25.3 Å². The van der Waals surface area contributed by atoms with Gasteiger partial charge >= 0.3 is 0 Å². The number of rotatable bonds is 2. The van der Waals surface area contributed by atoms with Crippen LogP contribution in [0.5, 0.6) is 0 Å². The molecule has 1 aliphatic heterocycles. The smallest absolute Gasteiger partial charge is 0.254 e. The van der Waals surface area contributed by atoms with Crippen molar-refractivity contribution in [1.82, 2.24) is 9.88 Å². The van der Waals surface area contributed by atoms with Gasteiger partial charge in [0.25, 0.3) is 5.91 Å². The van der Waals surface area contributed by atoms with Gasteiger partial charge in [0.1, 0.15) is 5.82 Å². The second-order valence-electron chi connectivity index (χ2n) is 6.56.